The first kappa shape index (κ1) is 22.8. The number of aryl methyl sites for hydroxylation is 1. The largest absolute Gasteiger partial charge is 0.488 e. The van der Waals surface area contributed by atoms with Crippen LogP contribution in [-0.4, -0.2) is 34.5 Å². The van der Waals surface area contributed by atoms with Crippen molar-refractivity contribution in [3.05, 3.63) is 88.5 Å². The first-order valence-electron chi connectivity index (χ1n) is 11.3. The Balaban J connectivity index is 0.000000459. The Morgan fingerprint density at radius 2 is 1.82 bits per heavy atom. The summed E-state index contributed by atoms with van der Waals surface area (Å²) in [5, 5.41) is 10.2. The summed E-state index contributed by atoms with van der Waals surface area (Å²) in [4.78, 5) is 15.4. The molecule has 5 rings (SSSR count). The van der Waals surface area contributed by atoms with Gasteiger partial charge in [0.05, 0.1) is 0 Å². The van der Waals surface area contributed by atoms with Gasteiger partial charge < -0.3 is 24.1 Å². The summed E-state index contributed by atoms with van der Waals surface area (Å²) >= 11 is 0. The lowest BCUT2D eigenvalue weighted by Gasteiger charge is -2.15. The average Bonchev–Trinajstić information content (AvgIpc) is 3.57. The van der Waals surface area contributed by atoms with E-state index >= 15 is 0 Å². The molecule has 0 spiro atoms. The number of hydrogen-bond donors (Lipinski definition) is 2. The lowest BCUT2D eigenvalue weighted by molar-refractivity contribution is 0.198. The standard InChI is InChI=1S/C23H22N2O3.C4H8O/c1-25-14-20(18-9-11-24-22(18)23(25)27)19-13-16(10-12-26)7-8-21(19)28-15-17-5-3-2-4-6-17;1-2-4-5-3-1/h2-9,11,13-14,24,26H,10,12,15H2,1H3;1-4H2. The molecule has 6 nitrogen and oxygen atoms in total. The van der Waals surface area contributed by atoms with E-state index in [1.54, 1.807) is 17.8 Å². The van der Waals surface area contributed by atoms with E-state index < -0.39 is 0 Å². The maximum Gasteiger partial charge on any atom is 0.274 e. The molecule has 0 aliphatic carbocycles. The Labute approximate surface area is 193 Å². The zero-order valence-corrected chi connectivity index (χ0v) is 18.9. The van der Waals surface area contributed by atoms with Crippen LogP contribution in [0.15, 0.2) is 71.8 Å². The van der Waals surface area contributed by atoms with Gasteiger partial charge in [-0.25, -0.2) is 0 Å². The molecule has 0 saturated carbocycles. The molecule has 0 amide bonds. The second-order valence-electron chi connectivity index (χ2n) is 8.12. The monoisotopic (exact) mass is 446 g/mol. The fourth-order valence-corrected chi connectivity index (χ4v) is 3.93. The van der Waals surface area contributed by atoms with Crippen molar-refractivity contribution in [2.45, 2.75) is 25.9 Å². The molecule has 1 aliphatic heterocycles. The maximum atomic E-state index is 12.4. The number of rotatable bonds is 6. The molecule has 33 heavy (non-hydrogen) atoms. The molecule has 1 aliphatic rings. The summed E-state index contributed by atoms with van der Waals surface area (Å²) in [6, 6.07) is 17.8. The van der Waals surface area contributed by atoms with Gasteiger partial charge in [-0.05, 0) is 48.6 Å². The Hall–Kier alpha value is -3.35. The molecule has 3 heterocycles. The average molecular weight is 447 g/mol. The molecule has 6 heteroatoms. The third-order valence-electron chi connectivity index (χ3n) is 5.69. The molecule has 0 radical (unpaired) electrons. The van der Waals surface area contributed by atoms with E-state index in [1.807, 2.05) is 60.8 Å². The lowest BCUT2D eigenvalue weighted by atomic mass is 9.99. The van der Waals surface area contributed by atoms with E-state index in [-0.39, 0.29) is 12.2 Å². The van der Waals surface area contributed by atoms with Gasteiger partial charge in [0.15, 0.2) is 0 Å². The molecule has 2 aromatic carbocycles. The first-order valence-corrected chi connectivity index (χ1v) is 11.3. The van der Waals surface area contributed by atoms with E-state index in [0.29, 0.717) is 18.5 Å². The van der Waals surface area contributed by atoms with Crippen molar-refractivity contribution in [3.8, 4) is 16.9 Å². The number of aliphatic hydroxyl groups is 1. The highest BCUT2D eigenvalue weighted by Crippen LogP contribution is 2.35. The molecule has 2 aromatic heterocycles. The number of H-pyrrole nitrogens is 1. The number of benzene rings is 2. The number of aromatic nitrogens is 2. The zero-order chi connectivity index (χ0) is 23.0. The number of hydrogen-bond acceptors (Lipinski definition) is 4. The minimum absolute atomic E-state index is 0.0676. The molecule has 2 N–H and O–H groups in total. The fraction of sp³-hybridized carbons (Fsp3) is 0.296. The highest BCUT2D eigenvalue weighted by Gasteiger charge is 2.15. The minimum atomic E-state index is -0.0676. The quantitative estimate of drug-likeness (QED) is 0.459. The Morgan fingerprint density at radius 1 is 1.03 bits per heavy atom. The Kier molecular flexibility index (Phi) is 7.60. The van der Waals surface area contributed by atoms with Crippen molar-refractivity contribution >= 4 is 10.9 Å². The van der Waals surface area contributed by atoms with Crippen LogP contribution in [-0.2, 0) is 24.8 Å². The normalized spacial score (nSPS) is 13.0. The van der Waals surface area contributed by atoms with Crippen LogP contribution in [0.5, 0.6) is 5.75 Å². The summed E-state index contributed by atoms with van der Waals surface area (Å²) in [6.45, 7) is 2.53. The van der Waals surface area contributed by atoms with E-state index in [4.69, 9.17) is 9.47 Å². The first-order chi connectivity index (χ1) is 16.2. The Morgan fingerprint density at radius 3 is 2.52 bits per heavy atom. The van der Waals surface area contributed by atoms with Crippen LogP contribution in [0.4, 0.5) is 0 Å². The number of aromatic amines is 1. The second-order valence-corrected chi connectivity index (χ2v) is 8.12. The number of ether oxygens (including phenoxy) is 2. The van der Waals surface area contributed by atoms with Gasteiger partial charge in [-0.3, -0.25) is 4.79 Å². The van der Waals surface area contributed by atoms with Crippen molar-refractivity contribution in [1.82, 2.24) is 9.55 Å². The van der Waals surface area contributed by atoms with Gasteiger partial charge in [-0.1, -0.05) is 36.4 Å². The summed E-state index contributed by atoms with van der Waals surface area (Å²) in [7, 11) is 1.74. The molecule has 0 bridgehead atoms. The van der Waals surface area contributed by atoms with Crippen molar-refractivity contribution in [3.63, 3.8) is 0 Å². The predicted octanol–water partition coefficient (Wildman–Crippen LogP) is 4.44. The smallest absolute Gasteiger partial charge is 0.274 e. The topological polar surface area (TPSA) is 76.5 Å². The van der Waals surface area contributed by atoms with E-state index in [2.05, 4.69) is 4.98 Å². The van der Waals surface area contributed by atoms with Crippen LogP contribution in [0.2, 0.25) is 0 Å². The predicted molar refractivity (Wildman–Crippen MR) is 131 cm³/mol. The highest BCUT2D eigenvalue weighted by atomic mass is 16.5. The molecule has 4 aromatic rings. The maximum absolute atomic E-state index is 12.4. The third kappa shape index (κ3) is 5.53. The van der Waals surface area contributed by atoms with E-state index in [1.165, 1.54) is 12.8 Å². The van der Waals surface area contributed by atoms with Crippen molar-refractivity contribution in [1.29, 1.82) is 0 Å². The van der Waals surface area contributed by atoms with Crippen LogP contribution >= 0.6 is 0 Å². The van der Waals surface area contributed by atoms with Crippen LogP contribution in [0.3, 0.4) is 0 Å². The van der Waals surface area contributed by atoms with E-state index in [9.17, 15) is 9.90 Å². The SMILES string of the molecule is C1CCOC1.Cn1cc(-c2cc(CCO)ccc2OCc2ccccc2)c2cc[nH]c2c1=O. The van der Waals surface area contributed by atoms with Gasteiger partial charge in [-0.2, -0.15) is 0 Å². The summed E-state index contributed by atoms with van der Waals surface area (Å²) in [5.74, 6) is 0.742. The third-order valence-corrected chi connectivity index (χ3v) is 5.69. The van der Waals surface area contributed by atoms with E-state index in [0.717, 1.165) is 46.6 Å². The number of nitrogens with one attached hydrogen (secondary N) is 1. The fourth-order valence-electron chi connectivity index (χ4n) is 3.93. The summed E-state index contributed by atoms with van der Waals surface area (Å²) in [6.07, 6.45) is 6.73. The number of fused-ring (bicyclic) bond motifs is 1. The molecular weight excluding hydrogens is 416 g/mol. The molecular formula is C27H30N2O4. The van der Waals surface area contributed by atoms with Gasteiger partial charge in [0.1, 0.15) is 17.9 Å². The van der Waals surface area contributed by atoms with Gasteiger partial charge >= 0.3 is 0 Å². The molecule has 0 atom stereocenters. The summed E-state index contributed by atoms with van der Waals surface area (Å²) < 4.78 is 12.7. The van der Waals surface area contributed by atoms with Gasteiger partial charge in [0.25, 0.3) is 5.56 Å². The highest BCUT2D eigenvalue weighted by molar-refractivity contribution is 5.95. The molecule has 172 valence electrons. The zero-order valence-electron chi connectivity index (χ0n) is 18.9. The van der Waals surface area contributed by atoms with Gasteiger partial charge in [-0.15, -0.1) is 0 Å². The van der Waals surface area contributed by atoms with Gasteiger partial charge in [0, 0.05) is 55.8 Å². The van der Waals surface area contributed by atoms with Gasteiger partial charge in [0.2, 0.25) is 0 Å². The molecule has 1 saturated heterocycles. The lowest BCUT2D eigenvalue weighted by Crippen LogP contribution is -2.16. The van der Waals surface area contributed by atoms with Crippen molar-refractivity contribution in [2.75, 3.05) is 19.8 Å². The number of pyridine rings is 1. The minimum Gasteiger partial charge on any atom is -0.488 e. The number of nitrogens with zero attached hydrogens (tertiary/aromatic N) is 1. The van der Waals surface area contributed by atoms with Crippen molar-refractivity contribution in [2.24, 2.45) is 7.05 Å². The van der Waals surface area contributed by atoms with Crippen LogP contribution in [0.25, 0.3) is 22.0 Å². The molecule has 1 fully saturated rings. The second kappa shape index (κ2) is 11.0. The Bertz CT molecular complexity index is 1230. The number of aliphatic hydroxyl groups excluding tert-OH is 1. The summed E-state index contributed by atoms with van der Waals surface area (Å²) in [5.41, 5.74) is 4.43. The van der Waals surface area contributed by atoms with Crippen molar-refractivity contribution < 1.29 is 14.6 Å². The molecule has 0 unspecified atom stereocenters. The van der Waals surface area contributed by atoms with Crippen LogP contribution in [0, 0.1) is 0 Å². The van der Waals surface area contributed by atoms with Crippen LogP contribution in [0.1, 0.15) is 24.0 Å². The van der Waals surface area contributed by atoms with Crippen LogP contribution < -0.4 is 10.3 Å².